The van der Waals surface area contributed by atoms with Crippen molar-refractivity contribution in [1.82, 2.24) is 4.90 Å². The predicted molar refractivity (Wildman–Crippen MR) is 93.3 cm³/mol. The molecule has 2 aliphatic heterocycles. The minimum Gasteiger partial charge on any atom is -0.490 e. The van der Waals surface area contributed by atoms with Crippen LogP contribution in [0.1, 0.15) is 18.4 Å². The number of halogens is 1. The Morgan fingerprint density at radius 1 is 1.36 bits per heavy atom. The molecule has 6 nitrogen and oxygen atoms in total. The van der Waals surface area contributed by atoms with E-state index in [0.29, 0.717) is 41.7 Å². The summed E-state index contributed by atoms with van der Waals surface area (Å²) in [7, 11) is 0. The first-order valence-electron chi connectivity index (χ1n) is 8.07. The zero-order chi connectivity index (χ0) is 17.6. The molecule has 0 spiro atoms. The fraction of sp³-hybridized carbons (Fsp3) is 0.333. The van der Waals surface area contributed by atoms with Crippen molar-refractivity contribution in [3.8, 4) is 11.8 Å². The van der Waals surface area contributed by atoms with E-state index >= 15 is 0 Å². The maximum atomic E-state index is 12.5. The standard InChI is InChI=1S/C18H17ClN4O2/c19-16-11-15(5-4-13(16)12-20)25-14-6-9-23(10-7-14)18(24)17-3-1-2-8-21-22-17/h1-5,11,14H,6-10H2. The van der Waals surface area contributed by atoms with Crippen LogP contribution in [0.5, 0.6) is 5.75 Å². The summed E-state index contributed by atoms with van der Waals surface area (Å²) in [4.78, 5) is 14.2. The lowest BCUT2D eigenvalue weighted by Crippen LogP contribution is -2.42. The Balaban J connectivity index is 1.56. The Kier molecular flexibility index (Phi) is 5.46. The number of piperidine rings is 1. The molecule has 0 saturated carbocycles. The van der Waals surface area contributed by atoms with Crippen LogP contribution in [0.15, 0.2) is 52.4 Å². The quantitative estimate of drug-likeness (QED) is 0.831. The first kappa shape index (κ1) is 17.2. The lowest BCUT2D eigenvalue weighted by atomic mass is 10.1. The summed E-state index contributed by atoms with van der Waals surface area (Å²) in [6, 6.07) is 7.06. The molecule has 0 aliphatic carbocycles. The topological polar surface area (TPSA) is 78.0 Å². The van der Waals surface area contributed by atoms with Crippen LogP contribution in [0.25, 0.3) is 0 Å². The number of hydrogen-bond donors (Lipinski definition) is 0. The summed E-state index contributed by atoms with van der Waals surface area (Å²) in [6.07, 6.45) is 6.82. The van der Waals surface area contributed by atoms with Gasteiger partial charge in [0.05, 0.1) is 17.1 Å². The van der Waals surface area contributed by atoms with Gasteiger partial charge in [-0.05, 0) is 18.2 Å². The second kappa shape index (κ2) is 7.95. The summed E-state index contributed by atoms with van der Waals surface area (Å²) in [5.74, 6) is 0.536. The van der Waals surface area contributed by atoms with Gasteiger partial charge < -0.3 is 9.64 Å². The number of likely N-dealkylation sites (tertiary alicyclic amines) is 1. The number of carbonyl (C=O) groups is 1. The third-order valence-corrected chi connectivity index (χ3v) is 4.38. The molecular formula is C18H17ClN4O2. The van der Waals surface area contributed by atoms with Crippen molar-refractivity contribution in [2.24, 2.45) is 10.2 Å². The minimum atomic E-state index is -0.102. The van der Waals surface area contributed by atoms with Gasteiger partial charge in [-0.3, -0.25) is 4.79 Å². The smallest absolute Gasteiger partial charge is 0.274 e. The van der Waals surface area contributed by atoms with E-state index in [-0.39, 0.29) is 12.0 Å². The van der Waals surface area contributed by atoms with E-state index < -0.39 is 0 Å². The van der Waals surface area contributed by atoms with Gasteiger partial charge in [-0.1, -0.05) is 23.8 Å². The molecule has 1 aromatic rings. The summed E-state index contributed by atoms with van der Waals surface area (Å²) in [5, 5.41) is 17.2. The van der Waals surface area contributed by atoms with Gasteiger partial charge in [0.25, 0.3) is 5.91 Å². The number of amides is 1. The number of nitriles is 1. The molecule has 0 unspecified atom stereocenters. The summed E-state index contributed by atoms with van der Waals surface area (Å²) >= 11 is 6.02. The Morgan fingerprint density at radius 2 is 2.16 bits per heavy atom. The molecule has 2 aliphatic rings. The molecule has 1 amide bonds. The van der Waals surface area contributed by atoms with Gasteiger partial charge in [-0.25, -0.2) is 0 Å². The molecule has 1 aromatic carbocycles. The molecule has 0 aromatic heterocycles. The van der Waals surface area contributed by atoms with E-state index in [1.165, 1.54) is 0 Å². The normalized spacial score (nSPS) is 17.6. The van der Waals surface area contributed by atoms with E-state index in [4.69, 9.17) is 21.6 Å². The van der Waals surface area contributed by atoms with Crippen molar-refractivity contribution < 1.29 is 9.53 Å². The van der Waals surface area contributed by atoms with Crippen LogP contribution in [0.3, 0.4) is 0 Å². The summed E-state index contributed by atoms with van der Waals surface area (Å²) in [6.45, 7) is 1.70. The van der Waals surface area contributed by atoms with E-state index in [1.54, 1.807) is 35.3 Å². The zero-order valence-electron chi connectivity index (χ0n) is 13.6. The number of azo groups is 1. The molecule has 7 heteroatoms. The molecule has 0 N–H and O–H groups in total. The summed E-state index contributed by atoms with van der Waals surface area (Å²) in [5.41, 5.74) is 0.793. The van der Waals surface area contributed by atoms with E-state index in [0.717, 1.165) is 12.8 Å². The zero-order valence-corrected chi connectivity index (χ0v) is 14.3. The third-order valence-electron chi connectivity index (χ3n) is 4.07. The van der Waals surface area contributed by atoms with Gasteiger partial charge >= 0.3 is 0 Å². The van der Waals surface area contributed by atoms with Crippen molar-refractivity contribution in [2.75, 3.05) is 19.6 Å². The fourth-order valence-electron chi connectivity index (χ4n) is 2.72. The molecule has 0 bridgehead atoms. The highest BCUT2D eigenvalue weighted by atomic mass is 35.5. The number of carbonyl (C=O) groups excluding carboxylic acids is 1. The number of benzene rings is 1. The highest BCUT2D eigenvalue weighted by Gasteiger charge is 2.26. The van der Waals surface area contributed by atoms with E-state index in [9.17, 15) is 4.79 Å². The fourth-order valence-corrected chi connectivity index (χ4v) is 2.94. The monoisotopic (exact) mass is 356 g/mol. The van der Waals surface area contributed by atoms with Gasteiger partial charge in [0.2, 0.25) is 0 Å². The van der Waals surface area contributed by atoms with Gasteiger partial charge in [0.1, 0.15) is 17.9 Å². The van der Waals surface area contributed by atoms with Crippen LogP contribution in [-0.4, -0.2) is 36.5 Å². The Bertz CT molecular complexity index is 787. The lowest BCUT2D eigenvalue weighted by Gasteiger charge is -2.32. The molecule has 25 heavy (non-hydrogen) atoms. The highest BCUT2D eigenvalue weighted by Crippen LogP contribution is 2.25. The molecule has 1 saturated heterocycles. The van der Waals surface area contributed by atoms with Crippen molar-refractivity contribution in [2.45, 2.75) is 18.9 Å². The molecule has 3 rings (SSSR count). The predicted octanol–water partition coefficient (Wildman–Crippen LogP) is 3.49. The highest BCUT2D eigenvalue weighted by molar-refractivity contribution is 6.31. The number of hydrogen-bond acceptors (Lipinski definition) is 5. The largest absolute Gasteiger partial charge is 0.490 e. The molecule has 0 radical (unpaired) electrons. The molecule has 2 heterocycles. The van der Waals surface area contributed by atoms with Crippen molar-refractivity contribution >= 4 is 17.5 Å². The molecule has 1 fully saturated rings. The Morgan fingerprint density at radius 3 is 2.88 bits per heavy atom. The third kappa shape index (κ3) is 4.25. The van der Waals surface area contributed by atoms with Crippen LogP contribution in [-0.2, 0) is 4.79 Å². The van der Waals surface area contributed by atoms with E-state index in [2.05, 4.69) is 10.2 Å². The maximum Gasteiger partial charge on any atom is 0.274 e. The van der Waals surface area contributed by atoms with Gasteiger partial charge in [0.15, 0.2) is 5.70 Å². The Labute approximate surface area is 151 Å². The second-order valence-electron chi connectivity index (χ2n) is 5.77. The van der Waals surface area contributed by atoms with Crippen LogP contribution >= 0.6 is 11.6 Å². The van der Waals surface area contributed by atoms with Crippen LogP contribution in [0.2, 0.25) is 5.02 Å². The second-order valence-corrected chi connectivity index (χ2v) is 6.17. The van der Waals surface area contributed by atoms with Gasteiger partial charge in [-0.2, -0.15) is 10.4 Å². The number of rotatable bonds is 3. The van der Waals surface area contributed by atoms with Crippen LogP contribution < -0.4 is 4.74 Å². The summed E-state index contributed by atoms with van der Waals surface area (Å²) < 4.78 is 5.93. The number of allylic oxidation sites excluding steroid dienone is 2. The van der Waals surface area contributed by atoms with Gasteiger partial charge in [0, 0.05) is 32.0 Å². The Hall–Kier alpha value is -2.65. The van der Waals surface area contributed by atoms with Crippen LogP contribution in [0, 0.1) is 11.3 Å². The van der Waals surface area contributed by atoms with Gasteiger partial charge in [-0.15, -0.1) is 5.11 Å². The maximum absolute atomic E-state index is 12.5. The SMILES string of the molecule is N#Cc1ccc(OC2CCN(C(=O)C3=CC=CCN=N3)CC2)cc1Cl. The van der Waals surface area contributed by atoms with Crippen LogP contribution in [0.4, 0.5) is 0 Å². The molecular weight excluding hydrogens is 340 g/mol. The average Bonchev–Trinajstić information content (AvgIpc) is 2.91. The average molecular weight is 357 g/mol. The van der Waals surface area contributed by atoms with Crippen molar-refractivity contribution in [3.63, 3.8) is 0 Å². The van der Waals surface area contributed by atoms with Crippen molar-refractivity contribution in [3.05, 3.63) is 52.7 Å². The number of nitrogens with zero attached hydrogens (tertiary/aromatic N) is 4. The molecule has 128 valence electrons. The molecule has 0 atom stereocenters. The minimum absolute atomic E-state index is 0.0117. The van der Waals surface area contributed by atoms with Crippen molar-refractivity contribution in [1.29, 1.82) is 5.26 Å². The first-order chi connectivity index (χ1) is 12.2. The first-order valence-corrected chi connectivity index (χ1v) is 8.45. The lowest BCUT2D eigenvalue weighted by molar-refractivity contribution is -0.128. The number of ether oxygens (including phenoxy) is 1. The van der Waals surface area contributed by atoms with E-state index in [1.807, 2.05) is 12.1 Å².